The summed E-state index contributed by atoms with van der Waals surface area (Å²) in [5, 5.41) is 7.14. The van der Waals surface area contributed by atoms with E-state index in [9.17, 15) is 8.42 Å². The van der Waals surface area contributed by atoms with Gasteiger partial charge in [0.2, 0.25) is 10.0 Å². The number of methoxy groups -OCH3 is 1. The van der Waals surface area contributed by atoms with E-state index in [4.69, 9.17) is 9.73 Å². The first-order valence-electron chi connectivity index (χ1n) is 11.2. The van der Waals surface area contributed by atoms with Crippen LogP contribution in [0.25, 0.3) is 0 Å². The van der Waals surface area contributed by atoms with Crippen LogP contribution in [-0.2, 0) is 23.0 Å². The van der Waals surface area contributed by atoms with Crippen LogP contribution in [0.2, 0.25) is 0 Å². The molecule has 0 radical (unpaired) electrons. The van der Waals surface area contributed by atoms with Crippen molar-refractivity contribution >= 4 is 28.3 Å². The van der Waals surface area contributed by atoms with Gasteiger partial charge in [-0.05, 0) is 54.7 Å². The second-order valence-corrected chi connectivity index (χ2v) is 10.3. The van der Waals surface area contributed by atoms with Gasteiger partial charge in [-0.15, -0.1) is 12.4 Å². The van der Waals surface area contributed by atoms with Crippen LogP contribution in [-0.4, -0.2) is 57.4 Å². The normalized spacial score (nSPS) is 18.3. The van der Waals surface area contributed by atoms with Gasteiger partial charge in [0, 0.05) is 26.2 Å². The lowest BCUT2D eigenvalue weighted by Crippen LogP contribution is -2.64. The van der Waals surface area contributed by atoms with Crippen LogP contribution in [0.1, 0.15) is 30.9 Å². The summed E-state index contributed by atoms with van der Waals surface area (Å²) in [7, 11) is -1.83. The summed E-state index contributed by atoms with van der Waals surface area (Å²) in [6.45, 7) is 5.15. The highest BCUT2D eigenvalue weighted by Crippen LogP contribution is 2.29. The maximum absolute atomic E-state index is 13.2. The highest BCUT2D eigenvalue weighted by molar-refractivity contribution is 7.89. The molecule has 2 aromatic rings. The third-order valence-corrected chi connectivity index (χ3v) is 8.35. The Labute approximate surface area is 203 Å². The zero-order valence-electron chi connectivity index (χ0n) is 19.2. The Morgan fingerprint density at radius 3 is 2.52 bits per heavy atom. The van der Waals surface area contributed by atoms with Gasteiger partial charge < -0.3 is 15.4 Å². The third-order valence-electron chi connectivity index (χ3n) is 6.44. The van der Waals surface area contributed by atoms with E-state index in [-0.39, 0.29) is 17.9 Å². The molecular formula is C24H33ClN4O3S. The van der Waals surface area contributed by atoms with Crippen molar-refractivity contribution in [3.05, 3.63) is 59.7 Å². The Morgan fingerprint density at radius 2 is 1.85 bits per heavy atom. The Balaban J connectivity index is 0.00000306. The van der Waals surface area contributed by atoms with Crippen molar-refractivity contribution in [2.24, 2.45) is 4.99 Å². The molecule has 1 spiro atoms. The number of aliphatic imine (C=N–C) groups is 1. The van der Waals surface area contributed by atoms with Crippen LogP contribution in [0.15, 0.2) is 58.4 Å². The van der Waals surface area contributed by atoms with Gasteiger partial charge in [-0.2, -0.15) is 4.31 Å². The predicted molar refractivity (Wildman–Crippen MR) is 134 cm³/mol. The third kappa shape index (κ3) is 5.51. The number of benzene rings is 2. The molecule has 7 nitrogen and oxygen atoms in total. The molecule has 0 amide bonds. The van der Waals surface area contributed by atoms with Crippen LogP contribution in [0, 0.1) is 0 Å². The number of amidine groups is 1. The van der Waals surface area contributed by atoms with Crippen LogP contribution < -0.4 is 15.4 Å². The smallest absolute Gasteiger partial charge is 0.243 e. The minimum atomic E-state index is -3.49. The lowest BCUT2D eigenvalue weighted by Gasteiger charge is -2.44. The van der Waals surface area contributed by atoms with E-state index in [1.165, 1.54) is 0 Å². The maximum Gasteiger partial charge on any atom is 0.243 e. The van der Waals surface area contributed by atoms with E-state index in [0.717, 1.165) is 35.7 Å². The first-order chi connectivity index (χ1) is 15.5. The number of aryl methyl sites for hydroxylation is 1. The SMILES string of the molecule is CCc1ccc(S(=O)(=O)N2CCC3(CC2)NCCN=C3NCc2cccc(OC)c2)cc1.Cl. The molecule has 2 aliphatic heterocycles. The number of sulfonamides is 1. The summed E-state index contributed by atoms with van der Waals surface area (Å²) in [5.74, 6) is 1.75. The van der Waals surface area contributed by atoms with Gasteiger partial charge in [0.05, 0.1) is 24.1 Å². The molecular weight excluding hydrogens is 460 g/mol. The number of rotatable bonds is 6. The van der Waals surface area contributed by atoms with E-state index in [1.54, 1.807) is 23.5 Å². The van der Waals surface area contributed by atoms with Crippen molar-refractivity contribution in [2.45, 2.75) is 43.2 Å². The monoisotopic (exact) mass is 492 g/mol. The van der Waals surface area contributed by atoms with Gasteiger partial charge >= 0.3 is 0 Å². The van der Waals surface area contributed by atoms with Gasteiger partial charge in [-0.3, -0.25) is 4.99 Å². The Morgan fingerprint density at radius 1 is 1.12 bits per heavy atom. The molecule has 180 valence electrons. The van der Waals surface area contributed by atoms with E-state index >= 15 is 0 Å². The van der Waals surface area contributed by atoms with Crippen LogP contribution in [0.4, 0.5) is 0 Å². The van der Waals surface area contributed by atoms with Gasteiger partial charge in [0.25, 0.3) is 0 Å². The number of ether oxygens (including phenoxy) is 1. The second-order valence-electron chi connectivity index (χ2n) is 8.35. The number of nitrogens with one attached hydrogen (secondary N) is 2. The Hall–Kier alpha value is -2.13. The molecule has 0 aromatic heterocycles. The molecule has 0 saturated carbocycles. The van der Waals surface area contributed by atoms with Crippen molar-refractivity contribution in [3.63, 3.8) is 0 Å². The van der Waals surface area contributed by atoms with E-state index in [1.807, 2.05) is 30.3 Å². The van der Waals surface area contributed by atoms with E-state index < -0.39 is 10.0 Å². The minimum absolute atomic E-state index is 0. The molecule has 2 aliphatic rings. The van der Waals surface area contributed by atoms with Crippen molar-refractivity contribution in [2.75, 3.05) is 33.3 Å². The van der Waals surface area contributed by atoms with E-state index in [0.29, 0.717) is 43.9 Å². The average molecular weight is 493 g/mol. The highest BCUT2D eigenvalue weighted by Gasteiger charge is 2.43. The van der Waals surface area contributed by atoms with Crippen molar-refractivity contribution in [1.82, 2.24) is 14.9 Å². The lowest BCUT2D eigenvalue weighted by molar-refractivity contribution is 0.241. The summed E-state index contributed by atoms with van der Waals surface area (Å²) < 4.78 is 33.2. The Kier molecular flexibility index (Phi) is 8.39. The standard InChI is InChI=1S/C24H32N4O3S.ClH/c1-3-19-7-9-22(10-8-19)32(29,30)28-15-11-24(12-16-28)23(25-13-14-27-24)26-18-20-5-4-6-21(17-20)31-2;/h4-10,17,27H,3,11-16,18H2,1-2H3,(H,25,26);1H. The zero-order valence-corrected chi connectivity index (χ0v) is 20.8. The number of hydrogen-bond acceptors (Lipinski definition) is 6. The van der Waals surface area contributed by atoms with E-state index in [2.05, 4.69) is 23.6 Å². The van der Waals surface area contributed by atoms with Crippen molar-refractivity contribution in [3.8, 4) is 5.75 Å². The molecule has 2 heterocycles. The first kappa shape index (κ1) is 25.5. The quantitative estimate of drug-likeness (QED) is 0.647. The first-order valence-corrected chi connectivity index (χ1v) is 12.7. The molecule has 4 rings (SSSR count). The average Bonchev–Trinajstić information content (AvgIpc) is 2.84. The molecule has 1 saturated heterocycles. The van der Waals surface area contributed by atoms with Crippen LogP contribution in [0.5, 0.6) is 5.75 Å². The fourth-order valence-corrected chi connectivity index (χ4v) is 5.90. The number of piperidine rings is 1. The summed E-state index contributed by atoms with van der Waals surface area (Å²) >= 11 is 0. The predicted octanol–water partition coefficient (Wildman–Crippen LogP) is 2.99. The zero-order chi connectivity index (χ0) is 22.6. The maximum atomic E-state index is 13.2. The number of nitrogens with zero attached hydrogens (tertiary/aromatic N) is 2. The fourth-order valence-electron chi connectivity index (χ4n) is 4.46. The molecule has 33 heavy (non-hydrogen) atoms. The molecule has 0 aliphatic carbocycles. The molecule has 0 bridgehead atoms. The summed E-state index contributed by atoms with van der Waals surface area (Å²) in [6, 6.07) is 15.2. The highest BCUT2D eigenvalue weighted by atomic mass is 35.5. The van der Waals surface area contributed by atoms with Crippen molar-refractivity contribution < 1.29 is 13.2 Å². The molecule has 1 fully saturated rings. The topological polar surface area (TPSA) is 83.0 Å². The molecule has 0 atom stereocenters. The van der Waals surface area contributed by atoms with Crippen molar-refractivity contribution in [1.29, 1.82) is 0 Å². The second kappa shape index (κ2) is 10.9. The molecule has 0 unspecified atom stereocenters. The van der Waals surface area contributed by atoms with Gasteiger partial charge in [-0.1, -0.05) is 31.2 Å². The minimum Gasteiger partial charge on any atom is -0.497 e. The van der Waals surface area contributed by atoms with Gasteiger partial charge in [-0.25, -0.2) is 8.42 Å². The Bertz CT molecular complexity index is 1070. The lowest BCUT2D eigenvalue weighted by atomic mass is 9.85. The summed E-state index contributed by atoms with van der Waals surface area (Å²) in [6.07, 6.45) is 2.26. The fraction of sp³-hybridized carbons (Fsp3) is 0.458. The van der Waals surface area contributed by atoms with Gasteiger partial charge in [0.15, 0.2) is 0 Å². The largest absolute Gasteiger partial charge is 0.497 e. The number of hydrogen-bond donors (Lipinski definition) is 2. The molecule has 2 aromatic carbocycles. The van der Waals surface area contributed by atoms with Crippen LogP contribution in [0.3, 0.4) is 0 Å². The summed E-state index contributed by atoms with van der Waals surface area (Å²) in [5.41, 5.74) is 1.94. The molecule has 9 heteroatoms. The molecule has 2 N–H and O–H groups in total. The van der Waals surface area contributed by atoms with Crippen LogP contribution >= 0.6 is 12.4 Å². The van der Waals surface area contributed by atoms with Gasteiger partial charge in [0.1, 0.15) is 11.6 Å². The number of halogens is 1. The summed E-state index contributed by atoms with van der Waals surface area (Å²) in [4.78, 5) is 5.14.